The molecule has 6 aromatic carbocycles. The van der Waals surface area contributed by atoms with E-state index in [1.165, 1.54) is 12.1 Å². The fourth-order valence-corrected chi connectivity index (χ4v) is 7.70. The molecule has 0 aliphatic rings. The number of amides is 2. The molecule has 298 valence electrons. The molecule has 0 aromatic heterocycles. The van der Waals surface area contributed by atoms with E-state index in [0.29, 0.717) is 22.3 Å². The summed E-state index contributed by atoms with van der Waals surface area (Å²) in [5.41, 5.74) is 0.815. The molecular weight excluding hydrogens is 741 g/mol. The molecule has 0 radical (unpaired) electrons. The summed E-state index contributed by atoms with van der Waals surface area (Å²) in [7, 11) is 0. The molecule has 0 saturated carbocycles. The predicted octanol–water partition coefficient (Wildman–Crippen LogP) is 7.76. The lowest BCUT2D eigenvalue weighted by molar-refractivity contribution is -0.117. The van der Waals surface area contributed by atoms with Gasteiger partial charge in [0, 0.05) is 46.1 Å². The molecule has 0 unspecified atom stereocenters. The smallest absolute Gasteiger partial charge is 0.292 e. The zero-order valence-corrected chi connectivity index (χ0v) is 32.8. The summed E-state index contributed by atoms with van der Waals surface area (Å²) in [6.45, 7) is 10.0. The van der Waals surface area contributed by atoms with Crippen molar-refractivity contribution in [3.8, 4) is 45.6 Å². The van der Waals surface area contributed by atoms with E-state index in [2.05, 4.69) is 10.6 Å². The van der Waals surface area contributed by atoms with Crippen molar-refractivity contribution in [1.29, 1.82) is 0 Å². The lowest BCUT2D eigenvalue weighted by atomic mass is 9.82. The number of nitrogens with one attached hydrogen (secondary N) is 2. The second-order valence-corrected chi connectivity index (χ2v) is 15.0. The van der Waals surface area contributed by atoms with Crippen molar-refractivity contribution in [3.63, 3.8) is 0 Å². The second kappa shape index (κ2) is 15.8. The predicted molar refractivity (Wildman–Crippen MR) is 220 cm³/mol. The Hall–Kier alpha value is -7.08. The van der Waals surface area contributed by atoms with Crippen LogP contribution >= 0.6 is 0 Å². The molecule has 6 rings (SSSR count). The third-order valence-electron chi connectivity index (χ3n) is 10.4. The Morgan fingerprint density at radius 2 is 0.828 bits per heavy atom. The number of ketones is 2. The lowest BCUT2D eigenvalue weighted by Gasteiger charge is -2.24. The van der Waals surface area contributed by atoms with Gasteiger partial charge in [-0.2, -0.15) is 0 Å². The minimum Gasteiger partial charge on any atom is -0.507 e. The van der Waals surface area contributed by atoms with Gasteiger partial charge in [-0.3, -0.25) is 19.2 Å². The number of phenols is 6. The Kier molecular flexibility index (Phi) is 11.1. The number of rotatable bonds is 11. The maximum absolute atomic E-state index is 14.0. The number of Topliss-reactive ketones (excluding diaryl/α,β-unsaturated/α-hetero) is 2. The van der Waals surface area contributed by atoms with Crippen LogP contribution in [0, 0.1) is 13.8 Å². The number of fused-ring (bicyclic) bond motifs is 2. The van der Waals surface area contributed by atoms with Crippen molar-refractivity contribution in [1.82, 2.24) is 10.6 Å². The summed E-state index contributed by atoms with van der Waals surface area (Å²) in [5.74, 6) is -10.2. The Balaban J connectivity index is 1.62. The van der Waals surface area contributed by atoms with Crippen molar-refractivity contribution < 1.29 is 49.8 Å². The molecule has 6 aromatic rings. The number of carbonyl (C=O) groups is 4. The summed E-state index contributed by atoms with van der Waals surface area (Å²) in [4.78, 5) is 54.7. The van der Waals surface area contributed by atoms with Crippen LogP contribution in [0.2, 0.25) is 0 Å². The van der Waals surface area contributed by atoms with Crippen LogP contribution in [0.25, 0.3) is 32.7 Å². The van der Waals surface area contributed by atoms with Gasteiger partial charge in [0.05, 0.1) is 11.1 Å². The standard InChI is InChI=1S/C46H44N2O10/c1-21(2)29-27-17-23(5)31(37(49)33(27)35(41(53)39(29)51)43(55)45(57)47-19-25-13-9-7-10-14-25)32-24(6)18-28-30(22(3)4)40(52)42(54)36(34(28)38(32)50)44(56)46(58)48-20-26-15-11-8-12-16-26/h7-18,21-22,49-54H,19-20H2,1-6H3,(H,47,57)(H,48,58). The van der Waals surface area contributed by atoms with Gasteiger partial charge in [0.1, 0.15) is 11.5 Å². The average molecular weight is 785 g/mol. The molecule has 0 aliphatic heterocycles. The minimum absolute atomic E-state index is 0.0350. The van der Waals surface area contributed by atoms with Crippen LogP contribution in [0.3, 0.4) is 0 Å². The van der Waals surface area contributed by atoms with Gasteiger partial charge < -0.3 is 41.3 Å². The van der Waals surface area contributed by atoms with Gasteiger partial charge in [-0.15, -0.1) is 0 Å². The van der Waals surface area contributed by atoms with Gasteiger partial charge in [-0.25, -0.2) is 0 Å². The molecule has 2 amide bonds. The fraction of sp³-hybridized carbons (Fsp3) is 0.217. The molecule has 0 spiro atoms. The molecule has 0 heterocycles. The maximum Gasteiger partial charge on any atom is 0.292 e. The molecule has 8 N–H and O–H groups in total. The normalized spacial score (nSPS) is 11.4. The van der Waals surface area contributed by atoms with E-state index >= 15 is 0 Å². The van der Waals surface area contributed by atoms with E-state index in [1.54, 1.807) is 102 Å². The number of aryl methyl sites for hydroxylation is 2. The topological polar surface area (TPSA) is 214 Å². The molecule has 12 nitrogen and oxygen atoms in total. The summed E-state index contributed by atoms with van der Waals surface area (Å²) < 4.78 is 0. The van der Waals surface area contributed by atoms with Crippen molar-refractivity contribution in [2.75, 3.05) is 0 Å². The Morgan fingerprint density at radius 1 is 0.500 bits per heavy atom. The van der Waals surface area contributed by atoms with Crippen LogP contribution in [0.5, 0.6) is 34.5 Å². The van der Waals surface area contributed by atoms with Crippen LogP contribution < -0.4 is 10.6 Å². The first-order valence-electron chi connectivity index (χ1n) is 18.7. The summed E-state index contributed by atoms with van der Waals surface area (Å²) >= 11 is 0. The molecule has 58 heavy (non-hydrogen) atoms. The van der Waals surface area contributed by atoms with E-state index in [-0.39, 0.29) is 56.9 Å². The quantitative estimate of drug-likeness (QED) is 0.0363. The number of phenolic OH excluding ortho intramolecular Hbond substituents is 6. The second-order valence-electron chi connectivity index (χ2n) is 15.0. The van der Waals surface area contributed by atoms with Crippen LogP contribution in [0.4, 0.5) is 0 Å². The monoisotopic (exact) mass is 784 g/mol. The first-order chi connectivity index (χ1) is 27.5. The van der Waals surface area contributed by atoms with Crippen molar-refractivity contribution >= 4 is 44.9 Å². The molecule has 12 heteroatoms. The molecule has 0 aliphatic carbocycles. The number of aromatic hydroxyl groups is 6. The number of carbonyl (C=O) groups excluding carboxylic acids is 4. The van der Waals surface area contributed by atoms with Gasteiger partial charge in [0.2, 0.25) is 0 Å². The van der Waals surface area contributed by atoms with Crippen LogP contribution in [-0.4, -0.2) is 54.0 Å². The highest BCUT2D eigenvalue weighted by Crippen LogP contribution is 2.55. The third-order valence-corrected chi connectivity index (χ3v) is 10.4. The zero-order valence-electron chi connectivity index (χ0n) is 32.8. The van der Waals surface area contributed by atoms with Gasteiger partial charge >= 0.3 is 0 Å². The third kappa shape index (κ3) is 6.97. The Bertz CT molecular complexity index is 2480. The van der Waals surface area contributed by atoms with E-state index in [0.717, 1.165) is 0 Å². The Labute approximate surface area is 334 Å². The first-order valence-corrected chi connectivity index (χ1v) is 18.7. The van der Waals surface area contributed by atoms with E-state index in [1.807, 2.05) is 0 Å². The van der Waals surface area contributed by atoms with Crippen molar-refractivity contribution in [2.45, 2.75) is 66.5 Å². The van der Waals surface area contributed by atoms with Crippen LogP contribution in [0.15, 0.2) is 72.8 Å². The van der Waals surface area contributed by atoms with Gasteiger partial charge in [-0.1, -0.05) is 100 Å². The number of hydrogen-bond acceptors (Lipinski definition) is 10. The minimum atomic E-state index is -1.26. The number of hydrogen-bond donors (Lipinski definition) is 8. The highest BCUT2D eigenvalue weighted by Gasteiger charge is 2.35. The van der Waals surface area contributed by atoms with E-state index < -0.39 is 80.8 Å². The zero-order chi connectivity index (χ0) is 42.3. The highest BCUT2D eigenvalue weighted by molar-refractivity contribution is 6.47. The summed E-state index contributed by atoms with van der Waals surface area (Å²) in [6.07, 6.45) is 0. The molecular formula is C46H44N2O10. The molecule has 0 atom stereocenters. The Morgan fingerprint density at radius 3 is 1.14 bits per heavy atom. The molecule has 0 bridgehead atoms. The molecule has 0 saturated heterocycles. The van der Waals surface area contributed by atoms with Gasteiger partial charge in [0.15, 0.2) is 23.0 Å². The van der Waals surface area contributed by atoms with Crippen molar-refractivity contribution in [2.24, 2.45) is 0 Å². The largest absolute Gasteiger partial charge is 0.507 e. The van der Waals surface area contributed by atoms with Crippen LogP contribution in [0.1, 0.15) is 93.6 Å². The van der Waals surface area contributed by atoms with E-state index in [9.17, 15) is 49.8 Å². The van der Waals surface area contributed by atoms with Crippen LogP contribution in [-0.2, 0) is 22.7 Å². The SMILES string of the molecule is Cc1cc2c(C(C)C)c(O)c(O)c(C(=O)C(=O)NCc3ccccc3)c2c(O)c1-c1c(C)cc2c(C(C)C)c(O)c(O)c(C(=O)C(=O)NCc3ccccc3)c2c1O. The maximum atomic E-state index is 14.0. The van der Waals surface area contributed by atoms with Gasteiger partial charge in [0.25, 0.3) is 23.4 Å². The lowest BCUT2D eigenvalue weighted by Crippen LogP contribution is -2.31. The van der Waals surface area contributed by atoms with E-state index in [4.69, 9.17) is 0 Å². The number of benzene rings is 6. The van der Waals surface area contributed by atoms with Crippen molar-refractivity contribution in [3.05, 3.63) is 117 Å². The average Bonchev–Trinajstić information content (AvgIpc) is 3.18. The summed E-state index contributed by atoms with van der Waals surface area (Å²) in [6, 6.07) is 20.6. The fourth-order valence-electron chi connectivity index (χ4n) is 7.70. The molecule has 0 fully saturated rings. The van der Waals surface area contributed by atoms with Gasteiger partial charge in [-0.05, 0) is 58.7 Å². The first kappa shape index (κ1) is 40.6. The highest BCUT2D eigenvalue weighted by atomic mass is 16.3. The summed E-state index contributed by atoms with van der Waals surface area (Å²) in [5, 5.41) is 74.7.